The van der Waals surface area contributed by atoms with Gasteiger partial charge in [0, 0.05) is 48.4 Å². The molecule has 0 spiro atoms. The van der Waals surface area contributed by atoms with Crippen molar-refractivity contribution in [2.75, 3.05) is 55.7 Å². The van der Waals surface area contributed by atoms with Crippen molar-refractivity contribution in [2.45, 2.75) is 45.2 Å². The molecule has 0 unspecified atom stereocenters. The standard InChI is InChI=1S/C43H43N3O15/c1-25-3-7-29-33(17-25)57-34-20-28(44-14-13-43(60-61-43)12-11-41-58-59-41)6-8-30(34)42(29)27-5-10-32(46(23-39(51)52)24-40(53)54)36(19-27)56-16-15-55-35-18-26(2)4-9-31(35)45(21-37(47)48)22-38(49)50/h3-10,17-20,41H,11-16,21-24H2,1-2H3,(H,47,48)(H,49,50)(H,51,52)(H,53,54)/b44-28-. The highest BCUT2D eigenvalue weighted by atomic mass is 17.4. The average molecular weight is 842 g/mol. The number of nitrogens with zero attached hydrogens (tertiary/aromatic N) is 3. The van der Waals surface area contributed by atoms with E-state index in [0.717, 1.165) is 32.5 Å². The van der Waals surface area contributed by atoms with Gasteiger partial charge in [0.05, 0.1) is 16.7 Å². The average Bonchev–Trinajstić information content (AvgIpc) is 4.14. The Bertz CT molecular complexity index is 2460. The number of hydrogen-bond donors (Lipinski definition) is 4. The number of benzene rings is 4. The lowest BCUT2D eigenvalue weighted by atomic mass is 9.93. The largest absolute Gasteiger partial charge is 0.488 e. The number of carboxylic acid groups (broad SMARTS) is 4. The first kappa shape index (κ1) is 42.4. The Kier molecular flexibility index (Phi) is 12.7. The third kappa shape index (κ3) is 10.9. The lowest BCUT2D eigenvalue weighted by Gasteiger charge is -2.25. The van der Waals surface area contributed by atoms with Gasteiger partial charge in [-0.15, -0.1) is 0 Å². The van der Waals surface area contributed by atoms with Crippen LogP contribution in [0.15, 0.2) is 82.2 Å². The van der Waals surface area contributed by atoms with Crippen LogP contribution in [0.1, 0.15) is 30.4 Å². The molecule has 3 aromatic carbocycles. The maximum Gasteiger partial charge on any atom is 0.323 e. The van der Waals surface area contributed by atoms with E-state index >= 15 is 0 Å². The van der Waals surface area contributed by atoms with Crippen molar-refractivity contribution in [3.63, 3.8) is 0 Å². The van der Waals surface area contributed by atoms with Crippen molar-refractivity contribution < 1.29 is 73.0 Å². The topological polar surface area (TPSA) is 250 Å². The van der Waals surface area contributed by atoms with E-state index in [-0.39, 0.29) is 42.4 Å². The first-order valence-corrected chi connectivity index (χ1v) is 19.3. The van der Waals surface area contributed by atoms with Gasteiger partial charge in [0.15, 0.2) is 0 Å². The fourth-order valence-corrected chi connectivity index (χ4v) is 7.03. The van der Waals surface area contributed by atoms with Crippen LogP contribution in [0.25, 0.3) is 33.4 Å². The molecule has 0 radical (unpaired) electrons. The van der Waals surface area contributed by atoms with Gasteiger partial charge in [-0.25, -0.2) is 0 Å². The zero-order valence-corrected chi connectivity index (χ0v) is 33.2. The van der Waals surface area contributed by atoms with E-state index in [1.54, 1.807) is 43.3 Å². The molecule has 1 aliphatic carbocycles. The Morgan fingerprint density at radius 3 is 1.85 bits per heavy atom. The molecule has 4 N–H and O–H groups in total. The van der Waals surface area contributed by atoms with Crippen molar-refractivity contribution in [1.82, 2.24) is 0 Å². The smallest absolute Gasteiger partial charge is 0.323 e. The molecule has 0 amide bonds. The molecule has 0 saturated carbocycles. The summed E-state index contributed by atoms with van der Waals surface area (Å²) in [6, 6.07) is 21.4. The molecule has 3 aromatic rings. The molecular formula is C43H43N3O15. The number of carbonyl (C=O) groups is 4. The minimum Gasteiger partial charge on any atom is -0.488 e. The maximum atomic E-state index is 11.9. The summed E-state index contributed by atoms with van der Waals surface area (Å²) in [6.45, 7) is 1.45. The van der Waals surface area contributed by atoms with Crippen molar-refractivity contribution >= 4 is 46.2 Å². The minimum absolute atomic E-state index is 0.115. The minimum atomic E-state index is -1.26. The first-order chi connectivity index (χ1) is 29.3. The molecule has 3 heterocycles. The van der Waals surface area contributed by atoms with Gasteiger partial charge in [-0.1, -0.05) is 24.3 Å². The third-order valence-corrected chi connectivity index (χ3v) is 9.91. The van der Waals surface area contributed by atoms with Crippen LogP contribution in [-0.4, -0.2) is 102 Å². The number of aliphatic carboxylic acids is 4. The lowest BCUT2D eigenvalue weighted by Crippen LogP contribution is -2.35. The van der Waals surface area contributed by atoms with Gasteiger partial charge in [-0.3, -0.25) is 24.2 Å². The summed E-state index contributed by atoms with van der Waals surface area (Å²) in [6.07, 6.45) is 1.54. The van der Waals surface area contributed by atoms with Crippen LogP contribution in [0.3, 0.4) is 0 Å². The summed E-state index contributed by atoms with van der Waals surface area (Å²) in [7, 11) is 0. The summed E-state index contributed by atoms with van der Waals surface area (Å²) < 4.78 is 18.8. The summed E-state index contributed by atoms with van der Waals surface area (Å²) >= 11 is 0. The van der Waals surface area contributed by atoms with Crippen molar-refractivity contribution in [3.05, 3.63) is 89.3 Å². The number of fused-ring (bicyclic) bond motifs is 2. The van der Waals surface area contributed by atoms with Crippen molar-refractivity contribution in [2.24, 2.45) is 4.99 Å². The van der Waals surface area contributed by atoms with Crippen molar-refractivity contribution in [3.8, 4) is 33.9 Å². The van der Waals surface area contributed by atoms with E-state index in [1.807, 2.05) is 43.3 Å². The summed E-state index contributed by atoms with van der Waals surface area (Å²) in [4.78, 5) is 74.3. The predicted octanol–water partition coefficient (Wildman–Crippen LogP) is 5.25. The van der Waals surface area contributed by atoms with Gasteiger partial charge in [-0.05, 0) is 73.0 Å². The van der Waals surface area contributed by atoms with Crippen LogP contribution in [0.2, 0.25) is 0 Å². The first-order valence-electron chi connectivity index (χ1n) is 19.3. The zero-order valence-electron chi connectivity index (χ0n) is 33.2. The number of anilines is 2. The van der Waals surface area contributed by atoms with Gasteiger partial charge in [0.1, 0.15) is 62.2 Å². The van der Waals surface area contributed by atoms with E-state index < -0.39 is 55.8 Å². The molecule has 3 aliphatic heterocycles. The fraction of sp³-hybridized carbons (Fsp3) is 0.326. The lowest BCUT2D eigenvalue weighted by molar-refractivity contribution is -0.138. The van der Waals surface area contributed by atoms with Crippen LogP contribution in [0.5, 0.6) is 11.5 Å². The van der Waals surface area contributed by atoms with Crippen LogP contribution < -0.4 is 24.6 Å². The van der Waals surface area contributed by atoms with E-state index in [2.05, 4.69) is 0 Å². The number of rotatable bonds is 22. The van der Waals surface area contributed by atoms with Crippen molar-refractivity contribution in [1.29, 1.82) is 0 Å². The normalized spacial score (nSPS) is 14.5. The van der Waals surface area contributed by atoms with Crippen LogP contribution in [0.4, 0.5) is 11.4 Å². The van der Waals surface area contributed by atoms with Crippen LogP contribution in [0, 0.1) is 13.8 Å². The molecule has 320 valence electrons. The second-order valence-electron chi connectivity index (χ2n) is 14.7. The molecular weight excluding hydrogens is 798 g/mol. The van der Waals surface area contributed by atoms with Gasteiger partial charge in [0.2, 0.25) is 12.1 Å². The Labute approximate surface area is 347 Å². The van der Waals surface area contributed by atoms with Gasteiger partial charge < -0.3 is 44.1 Å². The zero-order chi connectivity index (χ0) is 43.3. The summed E-state index contributed by atoms with van der Waals surface area (Å²) in [5.41, 5.74) is 4.92. The third-order valence-electron chi connectivity index (χ3n) is 9.91. The number of carboxylic acids is 4. The van der Waals surface area contributed by atoms with E-state index in [4.69, 9.17) is 38.4 Å². The van der Waals surface area contributed by atoms with E-state index in [0.29, 0.717) is 48.1 Å². The quantitative estimate of drug-likeness (QED) is 0.0301. The maximum absolute atomic E-state index is 11.9. The Balaban J connectivity index is 1.21. The second kappa shape index (κ2) is 18.3. The number of ether oxygens (including phenoxy) is 2. The van der Waals surface area contributed by atoms with Gasteiger partial charge >= 0.3 is 23.9 Å². The predicted molar refractivity (Wildman–Crippen MR) is 215 cm³/mol. The molecule has 7 rings (SSSR count). The van der Waals surface area contributed by atoms with Gasteiger partial charge in [-0.2, -0.15) is 19.6 Å². The SMILES string of the molecule is Cc1ccc(N(CC(=O)O)CC(=O)O)c(OCCOc2cc(-c3c4cc/c(=N/CCC5(CCC6OO6)OO5)cc-4oc4cc(C)ccc34)ccc2N(CC(=O)O)CC(=O)O)c1. The fourth-order valence-electron chi connectivity index (χ4n) is 7.03. The monoisotopic (exact) mass is 841 g/mol. The highest BCUT2D eigenvalue weighted by molar-refractivity contribution is 6.02. The van der Waals surface area contributed by atoms with Crippen LogP contribution in [-0.2, 0) is 38.7 Å². The molecule has 2 saturated heterocycles. The second-order valence-corrected chi connectivity index (χ2v) is 14.7. The molecule has 18 nitrogen and oxygen atoms in total. The summed E-state index contributed by atoms with van der Waals surface area (Å²) in [5.74, 6) is -4.77. The van der Waals surface area contributed by atoms with Crippen LogP contribution >= 0.6 is 0 Å². The molecule has 0 atom stereocenters. The highest BCUT2D eigenvalue weighted by Crippen LogP contribution is 2.43. The van der Waals surface area contributed by atoms with E-state index in [9.17, 15) is 39.6 Å². The summed E-state index contributed by atoms with van der Waals surface area (Å²) in [5, 5.41) is 39.8. The molecule has 0 aromatic heterocycles. The molecule has 18 heteroatoms. The molecule has 4 aliphatic rings. The van der Waals surface area contributed by atoms with E-state index in [1.165, 1.54) is 4.90 Å². The molecule has 61 heavy (non-hydrogen) atoms. The molecule has 0 bridgehead atoms. The van der Waals surface area contributed by atoms with Gasteiger partial charge in [0.25, 0.3) is 0 Å². The Morgan fingerprint density at radius 2 is 1.26 bits per heavy atom. The molecule has 2 fully saturated rings. The Morgan fingerprint density at radius 1 is 0.689 bits per heavy atom. The highest BCUT2D eigenvalue weighted by Gasteiger charge is 2.49. The number of hydrogen-bond acceptors (Lipinski definition) is 14. The Hall–Kier alpha value is -6.73. The number of aryl methyl sites for hydroxylation is 2.